The molecule has 0 aliphatic rings. The molecule has 0 unspecified atom stereocenters. The Hall–Kier alpha value is -1.41. The largest absolute Gasteiger partial charge is 0.267 e. The second-order valence-electron chi connectivity index (χ2n) is 3.05. The topological polar surface area (TPSA) is 4.10 Å². The van der Waals surface area contributed by atoms with E-state index in [1.54, 1.807) is 11.3 Å². The third kappa shape index (κ3) is 1.03. The molecule has 0 fully saturated rings. The van der Waals surface area contributed by atoms with Crippen LogP contribution in [0.15, 0.2) is 48.1 Å². The number of benzene rings is 1. The zero-order chi connectivity index (χ0) is 8.67. The molecule has 13 heavy (non-hydrogen) atoms. The molecule has 0 aliphatic heterocycles. The van der Waals surface area contributed by atoms with Crippen LogP contribution in [0.3, 0.4) is 0 Å². The molecule has 3 rings (SSSR count). The lowest BCUT2D eigenvalue weighted by Crippen LogP contribution is -2.15. The summed E-state index contributed by atoms with van der Waals surface area (Å²) in [6.45, 7) is 0. The summed E-state index contributed by atoms with van der Waals surface area (Å²) >= 11 is 1.77. The number of thiazole rings is 1. The van der Waals surface area contributed by atoms with Crippen molar-refractivity contribution in [2.75, 3.05) is 0 Å². The first-order valence-corrected chi connectivity index (χ1v) is 5.09. The SMILES string of the molecule is c1ccc2c[n+]3ccsc3cc2c1. The predicted octanol–water partition coefficient (Wildman–Crippen LogP) is 2.64. The second-order valence-corrected chi connectivity index (χ2v) is 3.98. The molecule has 0 saturated carbocycles. The summed E-state index contributed by atoms with van der Waals surface area (Å²) in [4.78, 5) is 1.29. The van der Waals surface area contributed by atoms with E-state index in [4.69, 9.17) is 0 Å². The third-order valence-corrected chi connectivity index (χ3v) is 3.05. The predicted molar refractivity (Wildman–Crippen MR) is 55.0 cm³/mol. The molecule has 1 nitrogen and oxygen atoms in total. The van der Waals surface area contributed by atoms with Crippen molar-refractivity contribution in [1.29, 1.82) is 0 Å². The third-order valence-electron chi connectivity index (χ3n) is 2.22. The molecule has 2 heterocycles. The molecule has 0 N–H and O–H groups in total. The number of aromatic nitrogens is 1. The van der Waals surface area contributed by atoms with Crippen LogP contribution in [0.2, 0.25) is 0 Å². The Morgan fingerprint density at radius 2 is 1.92 bits per heavy atom. The van der Waals surface area contributed by atoms with Gasteiger partial charge in [-0.05, 0) is 11.5 Å². The fourth-order valence-electron chi connectivity index (χ4n) is 1.56. The summed E-state index contributed by atoms with van der Waals surface area (Å²) in [7, 11) is 0. The number of rotatable bonds is 0. The minimum absolute atomic E-state index is 1.29. The summed E-state index contributed by atoms with van der Waals surface area (Å²) < 4.78 is 2.16. The van der Waals surface area contributed by atoms with Gasteiger partial charge >= 0.3 is 0 Å². The summed E-state index contributed by atoms with van der Waals surface area (Å²) in [5, 5.41) is 4.71. The Morgan fingerprint density at radius 3 is 2.85 bits per heavy atom. The van der Waals surface area contributed by atoms with Gasteiger partial charge < -0.3 is 0 Å². The van der Waals surface area contributed by atoms with Gasteiger partial charge in [0.25, 0.3) is 4.83 Å². The molecule has 62 valence electrons. The summed E-state index contributed by atoms with van der Waals surface area (Å²) in [5.41, 5.74) is 0. The molecular weight excluding hydrogens is 178 g/mol. The van der Waals surface area contributed by atoms with Crippen molar-refractivity contribution in [2.24, 2.45) is 0 Å². The average Bonchev–Trinajstić information content (AvgIpc) is 2.61. The molecule has 3 aromatic rings. The number of fused-ring (bicyclic) bond motifs is 2. The van der Waals surface area contributed by atoms with Crippen molar-refractivity contribution >= 4 is 26.9 Å². The Morgan fingerprint density at radius 1 is 1.08 bits per heavy atom. The number of nitrogens with zero attached hydrogens (tertiary/aromatic N) is 1. The van der Waals surface area contributed by atoms with Gasteiger partial charge in [-0.15, -0.1) is 0 Å². The maximum Gasteiger partial charge on any atom is 0.267 e. The highest BCUT2D eigenvalue weighted by molar-refractivity contribution is 7.15. The first-order chi connectivity index (χ1) is 6.43. The van der Waals surface area contributed by atoms with Crippen molar-refractivity contribution in [3.8, 4) is 0 Å². The van der Waals surface area contributed by atoms with Gasteiger partial charge in [-0.3, -0.25) is 0 Å². The lowest BCUT2D eigenvalue weighted by atomic mass is 10.2. The Labute approximate surface area is 79.9 Å². The van der Waals surface area contributed by atoms with Crippen molar-refractivity contribution in [2.45, 2.75) is 0 Å². The van der Waals surface area contributed by atoms with Gasteiger partial charge in [0.2, 0.25) is 0 Å². The van der Waals surface area contributed by atoms with E-state index in [0.29, 0.717) is 0 Å². The number of hydrogen-bond acceptors (Lipinski definition) is 1. The van der Waals surface area contributed by atoms with Gasteiger partial charge in [-0.25, -0.2) is 0 Å². The minimum Gasteiger partial charge on any atom is -0.157 e. The van der Waals surface area contributed by atoms with Crippen LogP contribution in [-0.4, -0.2) is 0 Å². The molecule has 0 aliphatic carbocycles. The molecule has 0 radical (unpaired) electrons. The molecule has 2 heteroatoms. The summed E-state index contributed by atoms with van der Waals surface area (Å²) in [5.74, 6) is 0. The number of hydrogen-bond donors (Lipinski definition) is 0. The Bertz CT molecular complexity index is 519. The molecule has 2 aromatic heterocycles. The molecule has 0 bridgehead atoms. The average molecular weight is 186 g/mol. The zero-order valence-corrected chi connectivity index (χ0v) is 7.79. The zero-order valence-electron chi connectivity index (χ0n) is 6.97. The van der Waals surface area contributed by atoms with Crippen molar-refractivity contribution in [1.82, 2.24) is 0 Å². The van der Waals surface area contributed by atoms with E-state index in [0.717, 1.165) is 0 Å². The highest BCUT2D eigenvalue weighted by atomic mass is 32.1. The normalized spacial score (nSPS) is 11.1. The highest BCUT2D eigenvalue weighted by Crippen LogP contribution is 2.15. The van der Waals surface area contributed by atoms with E-state index in [2.05, 4.69) is 52.5 Å². The molecule has 0 atom stereocenters. The monoisotopic (exact) mass is 186 g/mol. The van der Waals surface area contributed by atoms with Crippen LogP contribution in [0, 0.1) is 0 Å². The lowest BCUT2D eigenvalue weighted by Gasteiger charge is -1.91. The minimum atomic E-state index is 1.29. The van der Waals surface area contributed by atoms with Gasteiger partial charge in [0.05, 0.1) is 5.38 Å². The maximum atomic E-state index is 2.22. The Kier molecular flexibility index (Phi) is 1.37. The quantitative estimate of drug-likeness (QED) is 0.475. The van der Waals surface area contributed by atoms with E-state index in [-0.39, 0.29) is 0 Å². The fraction of sp³-hybridized carbons (Fsp3) is 0. The molecule has 0 amide bonds. The summed E-state index contributed by atoms with van der Waals surface area (Å²) in [6.07, 6.45) is 4.26. The van der Waals surface area contributed by atoms with Crippen molar-refractivity contribution < 1.29 is 4.40 Å². The summed E-state index contributed by atoms with van der Waals surface area (Å²) in [6, 6.07) is 10.7. The van der Waals surface area contributed by atoms with Gasteiger partial charge in [0, 0.05) is 11.5 Å². The van der Waals surface area contributed by atoms with Gasteiger partial charge in [0.15, 0.2) is 12.4 Å². The van der Waals surface area contributed by atoms with Crippen LogP contribution in [0.25, 0.3) is 15.6 Å². The first-order valence-electron chi connectivity index (χ1n) is 4.21. The van der Waals surface area contributed by atoms with Gasteiger partial charge in [-0.2, -0.15) is 4.40 Å². The number of pyridine rings is 1. The molecular formula is C11H8NS+. The Balaban J connectivity index is 2.57. The van der Waals surface area contributed by atoms with E-state index in [1.807, 2.05) is 0 Å². The van der Waals surface area contributed by atoms with Crippen molar-refractivity contribution in [3.05, 3.63) is 48.1 Å². The highest BCUT2D eigenvalue weighted by Gasteiger charge is 2.04. The van der Waals surface area contributed by atoms with E-state index in [1.165, 1.54) is 15.6 Å². The smallest absolute Gasteiger partial charge is 0.157 e. The lowest BCUT2D eigenvalue weighted by molar-refractivity contribution is -0.505. The standard InChI is InChI=1S/C11H8NS/c1-2-4-10-8-12-5-6-13-11(12)7-9(10)3-1/h1-8H/q+1. The van der Waals surface area contributed by atoms with Crippen LogP contribution in [-0.2, 0) is 0 Å². The molecule has 1 aromatic carbocycles. The van der Waals surface area contributed by atoms with Crippen molar-refractivity contribution in [3.63, 3.8) is 0 Å². The van der Waals surface area contributed by atoms with Crippen LogP contribution in [0.4, 0.5) is 0 Å². The second kappa shape index (κ2) is 2.54. The van der Waals surface area contributed by atoms with Crippen LogP contribution in [0.5, 0.6) is 0 Å². The van der Waals surface area contributed by atoms with E-state index in [9.17, 15) is 0 Å². The fourth-order valence-corrected chi connectivity index (χ4v) is 2.32. The van der Waals surface area contributed by atoms with Crippen LogP contribution >= 0.6 is 11.3 Å². The van der Waals surface area contributed by atoms with Gasteiger partial charge in [-0.1, -0.05) is 29.5 Å². The first kappa shape index (κ1) is 7.04. The van der Waals surface area contributed by atoms with E-state index < -0.39 is 0 Å². The van der Waals surface area contributed by atoms with Crippen LogP contribution < -0.4 is 4.40 Å². The maximum absolute atomic E-state index is 2.22. The molecule has 0 spiro atoms. The van der Waals surface area contributed by atoms with E-state index >= 15 is 0 Å². The van der Waals surface area contributed by atoms with Gasteiger partial charge in [0.1, 0.15) is 0 Å². The molecule has 0 saturated heterocycles. The van der Waals surface area contributed by atoms with Crippen LogP contribution in [0.1, 0.15) is 0 Å².